The Hall–Kier alpha value is -3.57. The van der Waals surface area contributed by atoms with Gasteiger partial charge in [-0.3, -0.25) is 4.79 Å². The van der Waals surface area contributed by atoms with Crippen LogP contribution in [0.25, 0.3) is 17.0 Å². The first-order chi connectivity index (χ1) is 13.7. The van der Waals surface area contributed by atoms with Crippen molar-refractivity contribution in [2.75, 3.05) is 0 Å². The minimum atomic E-state index is -0.304. The first kappa shape index (κ1) is 17.8. The zero-order chi connectivity index (χ0) is 19.3. The lowest BCUT2D eigenvalue weighted by Gasteiger charge is -2.08. The number of hydrogen-bond donors (Lipinski definition) is 1. The second-order valence-corrected chi connectivity index (χ2v) is 6.46. The van der Waals surface area contributed by atoms with Crippen molar-refractivity contribution in [1.82, 2.24) is 9.99 Å². The molecule has 0 fully saturated rings. The molecule has 2 heterocycles. The number of nitrogens with one attached hydrogen (secondary N) is 1. The van der Waals surface area contributed by atoms with Gasteiger partial charge in [0.05, 0.1) is 17.5 Å². The Balaban J connectivity index is 1.47. The molecule has 0 spiro atoms. The van der Waals surface area contributed by atoms with E-state index in [1.807, 2.05) is 71.6 Å². The molecule has 0 saturated carbocycles. The molecule has 4 rings (SSSR count). The van der Waals surface area contributed by atoms with E-state index in [2.05, 4.69) is 10.5 Å². The number of halogens is 1. The quantitative estimate of drug-likeness (QED) is 0.379. The van der Waals surface area contributed by atoms with Gasteiger partial charge in [0.25, 0.3) is 5.91 Å². The lowest BCUT2D eigenvalue weighted by molar-refractivity contribution is 0.0955. The summed E-state index contributed by atoms with van der Waals surface area (Å²) in [5.41, 5.74) is 4.72. The molecule has 2 aromatic heterocycles. The summed E-state index contributed by atoms with van der Waals surface area (Å²) in [5.74, 6) is 0.893. The summed E-state index contributed by atoms with van der Waals surface area (Å²) in [5, 5.41) is 4.65. The molecule has 28 heavy (non-hydrogen) atoms. The molecule has 6 heteroatoms. The minimum absolute atomic E-state index is 0.304. The average Bonchev–Trinajstić information content (AvgIpc) is 3.40. The highest BCUT2D eigenvalue weighted by molar-refractivity contribution is 6.30. The van der Waals surface area contributed by atoms with Crippen molar-refractivity contribution in [2.24, 2.45) is 5.10 Å². The van der Waals surface area contributed by atoms with Gasteiger partial charge in [-0.1, -0.05) is 35.9 Å². The topological polar surface area (TPSA) is 59.5 Å². The highest BCUT2D eigenvalue weighted by atomic mass is 35.5. The van der Waals surface area contributed by atoms with E-state index < -0.39 is 0 Å². The molecule has 0 radical (unpaired) electrons. The fourth-order valence-corrected chi connectivity index (χ4v) is 3.01. The molecule has 0 bridgehead atoms. The Bertz CT molecular complexity index is 1130. The Morgan fingerprint density at radius 2 is 1.82 bits per heavy atom. The third-order valence-corrected chi connectivity index (χ3v) is 4.36. The van der Waals surface area contributed by atoms with Gasteiger partial charge < -0.3 is 8.98 Å². The van der Waals surface area contributed by atoms with Gasteiger partial charge in [-0.2, -0.15) is 5.10 Å². The van der Waals surface area contributed by atoms with Crippen molar-refractivity contribution in [1.29, 1.82) is 0 Å². The van der Waals surface area contributed by atoms with E-state index in [4.69, 9.17) is 16.0 Å². The highest BCUT2D eigenvalue weighted by Crippen LogP contribution is 2.24. The predicted octanol–water partition coefficient (Wildman–Crippen LogP) is 5.15. The third-order valence-electron chi connectivity index (χ3n) is 4.13. The maximum atomic E-state index is 12.5. The van der Waals surface area contributed by atoms with Gasteiger partial charge in [0, 0.05) is 23.0 Å². The van der Waals surface area contributed by atoms with Crippen LogP contribution in [0.15, 0.2) is 94.7 Å². The molecule has 0 saturated heterocycles. The van der Waals surface area contributed by atoms with Crippen molar-refractivity contribution in [3.8, 4) is 17.0 Å². The molecule has 0 aliphatic heterocycles. The van der Waals surface area contributed by atoms with Crippen LogP contribution >= 0.6 is 11.6 Å². The monoisotopic (exact) mass is 389 g/mol. The van der Waals surface area contributed by atoms with E-state index in [0.29, 0.717) is 22.1 Å². The number of hydrazone groups is 1. The first-order valence-electron chi connectivity index (χ1n) is 8.62. The second-order valence-electron chi connectivity index (χ2n) is 6.02. The van der Waals surface area contributed by atoms with Crippen LogP contribution in [-0.2, 0) is 0 Å². The van der Waals surface area contributed by atoms with Crippen LogP contribution in [0.4, 0.5) is 0 Å². The molecule has 0 aliphatic rings. The van der Waals surface area contributed by atoms with Crippen LogP contribution in [0, 0.1) is 0 Å². The Morgan fingerprint density at radius 1 is 1.00 bits per heavy atom. The number of amides is 1. The van der Waals surface area contributed by atoms with Crippen LogP contribution in [0.1, 0.15) is 16.1 Å². The van der Waals surface area contributed by atoms with Gasteiger partial charge in [0.2, 0.25) is 0 Å². The zero-order valence-electron chi connectivity index (χ0n) is 14.7. The van der Waals surface area contributed by atoms with Crippen LogP contribution in [-0.4, -0.2) is 16.7 Å². The number of nitrogens with zero attached hydrogens (tertiary/aromatic N) is 2. The van der Waals surface area contributed by atoms with E-state index in [9.17, 15) is 4.79 Å². The van der Waals surface area contributed by atoms with Gasteiger partial charge in [-0.05, 0) is 48.5 Å². The summed E-state index contributed by atoms with van der Waals surface area (Å²) in [7, 11) is 0. The van der Waals surface area contributed by atoms with Gasteiger partial charge >= 0.3 is 0 Å². The van der Waals surface area contributed by atoms with Crippen molar-refractivity contribution < 1.29 is 9.21 Å². The molecular weight excluding hydrogens is 374 g/mol. The molecule has 138 valence electrons. The first-order valence-corrected chi connectivity index (χ1v) is 9.00. The average molecular weight is 390 g/mol. The highest BCUT2D eigenvalue weighted by Gasteiger charge is 2.11. The zero-order valence-corrected chi connectivity index (χ0v) is 15.5. The van der Waals surface area contributed by atoms with E-state index in [0.717, 1.165) is 11.3 Å². The Labute approximate surface area is 166 Å². The van der Waals surface area contributed by atoms with Crippen LogP contribution in [0.2, 0.25) is 5.02 Å². The molecule has 4 aromatic rings. The largest absolute Gasteiger partial charge is 0.455 e. The van der Waals surface area contributed by atoms with E-state index in [-0.39, 0.29) is 5.91 Å². The third kappa shape index (κ3) is 3.89. The molecule has 5 nitrogen and oxygen atoms in total. The number of furan rings is 1. The molecular formula is C22H16ClN3O2. The van der Waals surface area contributed by atoms with Crippen LogP contribution in [0.3, 0.4) is 0 Å². The summed E-state index contributed by atoms with van der Waals surface area (Å²) in [4.78, 5) is 12.5. The summed E-state index contributed by atoms with van der Waals surface area (Å²) in [6.07, 6.45) is 5.23. The van der Waals surface area contributed by atoms with Crippen molar-refractivity contribution >= 4 is 23.7 Å². The van der Waals surface area contributed by atoms with Gasteiger partial charge in [-0.25, -0.2) is 5.43 Å². The number of rotatable bonds is 5. The van der Waals surface area contributed by atoms with E-state index in [1.165, 1.54) is 6.21 Å². The SMILES string of the molecule is O=C(N/N=C/c1ccc(-c2cccc(Cl)c2)o1)c1ccccc1-n1cccc1. The molecule has 1 N–H and O–H groups in total. The van der Waals surface area contributed by atoms with E-state index >= 15 is 0 Å². The summed E-state index contributed by atoms with van der Waals surface area (Å²) in [6.45, 7) is 0. The standard InChI is InChI=1S/C22H16ClN3O2/c23-17-7-5-6-16(14-17)21-11-10-18(28-21)15-24-25-22(27)19-8-1-2-9-20(19)26-12-3-4-13-26/h1-15H,(H,25,27)/b24-15+. The van der Waals surface area contributed by atoms with Crippen molar-refractivity contribution in [3.63, 3.8) is 0 Å². The van der Waals surface area contributed by atoms with E-state index in [1.54, 1.807) is 18.2 Å². The molecule has 0 unspecified atom stereocenters. The number of para-hydroxylation sites is 1. The lowest BCUT2D eigenvalue weighted by atomic mass is 10.1. The molecule has 0 atom stereocenters. The predicted molar refractivity (Wildman–Crippen MR) is 110 cm³/mol. The molecule has 1 amide bonds. The maximum Gasteiger partial charge on any atom is 0.273 e. The number of carbonyl (C=O) groups excluding carboxylic acids is 1. The normalized spacial score (nSPS) is 11.0. The van der Waals surface area contributed by atoms with Gasteiger partial charge in [0.15, 0.2) is 0 Å². The van der Waals surface area contributed by atoms with Crippen molar-refractivity contribution in [2.45, 2.75) is 0 Å². The minimum Gasteiger partial charge on any atom is -0.455 e. The smallest absolute Gasteiger partial charge is 0.273 e. The summed E-state index contributed by atoms with van der Waals surface area (Å²) >= 11 is 6.01. The number of aromatic nitrogens is 1. The summed E-state index contributed by atoms with van der Waals surface area (Å²) < 4.78 is 7.61. The number of carbonyl (C=O) groups is 1. The summed E-state index contributed by atoms with van der Waals surface area (Å²) in [6, 6.07) is 22.1. The van der Waals surface area contributed by atoms with Gasteiger partial charge in [0.1, 0.15) is 11.5 Å². The fraction of sp³-hybridized carbons (Fsp3) is 0. The van der Waals surface area contributed by atoms with Crippen molar-refractivity contribution in [3.05, 3.63) is 102 Å². The maximum absolute atomic E-state index is 12.5. The Kier molecular flexibility index (Phi) is 5.08. The molecule has 2 aromatic carbocycles. The second kappa shape index (κ2) is 7.98. The lowest BCUT2D eigenvalue weighted by Crippen LogP contribution is -2.19. The fourth-order valence-electron chi connectivity index (χ4n) is 2.82. The Morgan fingerprint density at radius 3 is 2.64 bits per heavy atom. The van der Waals surface area contributed by atoms with Crippen LogP contribution in [0.5, 0.6) is 0 Å². The van der Waals surface area contributed by atoms with Crippen LogP contribution < -0.4 is 5.43 Å². The number of hydrogen-bond acceptors (Lipinski definition) is 3. The van der Waals surface area contributed by atoms with Gasteiger partial charge in [-0.15, -0.1) is 0 Å². The molecule has 0 aliphatic carbocycles. The number of benzene rings is 2.